The lowest BCUT2D eigenvalue weighted by Gasteiger charge is -2.33. The second-order valence-corrected chi connectivity index (χ2v) is 6.90. The fourth-order valence-electron chi connectivity index (χ4n) is 3.26. The number of rotatable bonds is 5. The minimum absolute atomic E-state index is 0.271. The van der Waals surface area contributed by atoms with Crippen molar-refractivity contribution in [1.82, 2.24) is 4.90 Å². The minimum Gasteiger partial charge on any atom is -0.494 e. The Bertz CT molecular complexity index is 813. The molecule has 4 nitrogen and oxygen atoms in total. The zero-order chi connectivity index (χ0) is 18.5. The zero-order valence-corrected chi connectivity index (χ0v) is 15.4. The van der Waals surface area contributed by atoms with Crippen LogP contribution in [-0.4, -0.2) is 31.1 Å². The van der Waals surface area contributed by atoms with E-state index in [1.54, 1.807) is 18.2 Å². The van der Waals surface area contributed by atoms with Gasteiger partial charge in [-0.3, -0.25) is 4.90 Å². The highest BCUT2D eigenvalue weighted by atomic mass is 35.5. The molecular formula is C20H21ClFN3O. The molecule has 1 saturated heterocycles. The Labute approximate surface area is 158 Å². The fraction of sp³-hybridized carbons (Fsp3) is 0.350. The van der Waals surface area contributed by atoms with Gasteiger partial charge in [0.25, 0.3) is 0 Å². The standard InChI is InChI=1S/C20H21ClFN3O/c1-26-20-5-2-14(10-18(20)22)13-25-8-6-17(7-9-25)24-19-4-3-16(21)11-15(19)12-23/h2-5,10-11,17,24H,6-9,13H2,1H3. The lowest BCUT2D eigenvalue weighted by Crippen LogP contribution is -2.38. The predicted molar refractivity (Wildman–Crippen MR) is 101 cm³/mol. The van der Waals surface area contributed by atoms with Gasteiger partial charge in [0.05, 0.1) is 18.4 Å². The molecule has 3 rings (SSSR count). The van der Waals surface area contributed by atoms with Gasteiger partial charge in [-0.25, -0.2) is 4.39 Å². The topological polar surface area (TPSA) is 48.3 Å². The Morgan fingerprint density at radius 2 is 2.04 bits per heavy atom. The van der Waals surface area contributed by atoms with Crippen molar-refractivity contribution in [2.24, 2.45) is 0 Å². The number of nitriles is 1. The molecule has 1 aliphatic rings. The second-order valence-electron chi connectivity index (χ2n) is 6.47. The van der Waals surface area contributed by atoms with E-state index in [2.05, 4.69) is 16.3 Å². The monoisotopic (exact) mass is 373 g/mol. The van der Waals surface area contributed by atoms with Gasteiger partial charge in [0.15, 0.2) is 11.6 Å². The minimum atomic E-state index is -0.326. The molecule has 0 unspecified atom stereocenters. The van der Waals surface area contributed by atoms with Crippen molar-refractivity contribution in [3.05, 3.63) is 58.4 Å². The smallest absolute Gasteiger partial charge is 0.165 e. The first-order valence-electron chi connectivity index (χ1n) is 8.60. The molecule has 0 atom stereocenters. The first kappa shape index (κ1) is 18.5. The number of halogens is 2. The van der Waals surface area contributed by atoms with Crippen molar-refractivity contribution >= 4 is 17.3 Å². The molecule has 2 aromatic carbocycles. The molecule has 0 aliphatic carbocycles. The summed E-state index contributed by atoms with van der Waals surface area (Å²) in [5, 5.41) is 13.3. The summed E-state index contributed by atoms with van der Waals surface area (Å²) in [6.07, 6.45) is 1.93. The maximum atomic E-state index is 13.8. The van der Waals surface area contributed by atoms with Crippen LogP contribution in [0.4, 0.5) is 10.1 Å². The van der Waals surface area contributed by atoms with Crippen molar-refractivity contribution in [2.45, 2.75) is 25.4 Å². The molecule has 0 spiro atoms. The summed E-state index contributed by atoms with van der Waals surface area (Å²) >= 11 is 5.94. The quantitative estimate of drug-likeness (QED) is 0.841. The van der Waals surface area contributed by atoms with E-state index in [0.717, 1.165) is 43.7 Å². The number of hydrogen-bond donors (Lipinski definition) is 1. The van der Waals surface area contributed by atoms with E-state index in [4.69, 9.17) is 16.3 Å². The summed E-state index contributed by atoms with van der Waals surface area (Å²) in [6, 6.07) is 12.9. The largest absolute Gasteiger partial charge is 0.494 e. The van der Waals surface area contributed by atoms with Crippen LogP contribution in [0.2, 0.25) is 5.02 Å². The van der Waals surface area contributed by atoms with Gasteiger partial charge in [0.1, 0.15) is 6.07 Å². The van der Waals surface area contributed by atoms with Crippen molar-refractivity contribution in [3.63, 3.8) is 0 Å². The van der Waals surface area contributed by atoms with Crippen LogP contribution in [0.15, 0.2) is 36.4 Å². The molecule has 2 aromatic rings. The third-order valence-corrected chi connectivity index (χ3v) is 4.91. The molecule has 0 amide bonds. The molecule has 26 heavy (non-hydrogen) atoms. The highest BCUT2D eigenvalue weighted by Crippen LogP contribution is 2.24. The summed E-state index contributed by atoms with van der Waals surface area (Å²) in [7, 11) is 1.47. The van der Waals surface area contributed by atoms with Crippen LogP contribution in [0.1, 0.15) is 24.0 Å². The van der Waals surface area contributed by atoms with Gasteiger partial charge in [0.2, 0.25) is 0 Å². The van der Waals surface area contributed by atoms with Crippen molar-refractivity contribution in [3.8, 4) is 11.8 Å². The molecule has 0 bridgehead atoms. The fourth-order valence-corrected chi connectivity index (χ4v) is 3.43. The van der Waals surface area contributed by atoms with E-state index in [1.165, 1.54) is 13.2 Å². The predicted octanol–water partition coefficient (Wildman–Crippen LogP) is 4.44. The van der Waals surface area contributed by atoms with Crippen LogP contribution in [0.3, 0.4) is 0 Å². The Kier molecular flexibility index (Phi) is 5.97. The number of methoxy groups -OCH3 is 1. The average molecular weight is 374 g/mol. The van der Waals surface area contributed by atoms with E-state index in [9.17, 15) is 9.65 Å². The van der Waals surface area contributed by atoms with E-state index in [1.807, 2.05) is 12.1 Å². The number of likely N-dealkylation sites (tertiary alicyclic amines) is 1. The molecule has 6 heteroatoms. The number of ether oxygens (including phenoxy) is 1. The number of piperidine rings is 1. The second kappa shape index (κ2) is 8.39. The van der Waals surface area contributed by atoms with Gasteiger partial charge in [-0.1, -0.05) is 17.7 Å². The number of hydrogen-bond acceptors (Lipinski definition) is 4. The summed E-state index contributed by atoms with van der Waals surface area (Å²) in [4.78, 5) is 2.31. The highest BCUT2D eigenvalue weighted by molar-refractivity contribution is 6.30. The Morgan fingerprint density at radius 3 is 2.69 bits per heavy atom. The summed E-state index contributed by atoms with van der Waals surface area (Å²) in [5.41, 5.74) is 2.33. The van der Waals surface area contributed by atoms with Crippen LogP contribution in [0.25, 0.3) is 0 Å². The maximum absolute atomic E-state index is 13.8. The van der Waals surface area contributed by atoms with E-state index in [0.29, 0.717) is 16.6 Å². The maximum Gasteiger partial charge on any atom is 0.165 e. The van der Waals surface area contributed by atoms with E-state index >= 15 is 0 Å². The number of anilines is 1. The molecule has 0 saturated carbocycles. The first-order chi connectivity index (χ1) is 12.6. The number of benzene rings is 2. The Balaban J connectivity index is 1.55. The molecule has 136 valence electrons. The highest BCUT2D eigenvalue weighted by Gasteiger charge is 2.20. The summed E-state index contributed by atoms with van der Waals surface area (Å²) in [5.74, 6) is -0.0544. The summed E-state index contributed by atoms with van der Waals surface area (Å²) < 4.78 is 18.8. The van der Waals surface area contributed by atoms with Crippen molar-refractivity contribution in [2.75, 3.05) is 25.5 Å². The normalized spacial score (nSPS) is 15.5. The van der Waals surface area contributed by atoms with Gasteiger partial charge in [-0.05, 0) is 48.7 Å². The first-order valence-corrected chi connectivity index (χ1v) is 8.98. The van der Waals surface area contributed by atoms with Crippen LogP contribution >= 0.6 is 11.6 Å². The van der Waals surface area contributed by atoms with Gasteiger partial charge >= 0.3 is 0 Å². The SMILES string of the molecule is COc1ccc(CN2CCC(Nc3ccc(Cl)cc3C#N)CC2)cc1F. The van der Waals surface area contributed by atoms with Gasteiger partial charge in [-0.2, -0.15) is 5.26 Å². The molecular weight excluding hydrogens is 353 g/mol. The van der Waals surface area contributed by atoms with Crippen LogP contribution in [0.5, 0.6) is 5.75 Å². The van der Waals surface area contributed by atoms with E-state index < -0.39 is 0 Å². The zero-order valence-electron chi connectivity index (χ0n) is 14.6. The van der Waals surface area contributed by atoms with Gasteiger partial charge in [-0.15, -0.1) is 0 Å². The molecule has 1 N–H and O–H groups in total. The molecule has 1 fully saturated rings. The van der Waals surface area contributed by atoms with Crippen LogP contribution in [-0.2, 0) is 6.54 Å². The molecule has 1 heterocycles. The van der Waals surface area contributed by atoms with Crippen molar-refractivity contribution < 1.29 is 9.13 Å². The number of nitrogens with zero attached hydrogens (tertiary/aromatic N) is 2. The number of nitrogens with one attached hydrogen (secondary N) is 1. The molecule has 0 radical (unpaired) electrons. The average Bonchev–Trinajstić information content (AvgIpc) is 2.65. The summed E-state index contributed by atoms with van der Waals surface area (Å²) in [6.45, 7) is 2.56. The molecule has 1 aliphatic heterocycles. The van der Waals surface area contributed by atoms with E-state index in [-0.39, 0.29) is 11.6 Å². The van der Waals surface area contributed by atoms with Crippen LogP contribution in [0, 0.1) is 17.1 Å². The Morgan fingerprint density at radius 1 is 1.27 bits per heavy atom. The third-order valence-electron chi connectivity index (χ3n) is 4.67. The Hall–Kier alpha value is -2.29. The van der Waals surface area contributed by atoms with Crippen LogP contribution < -0.4 is 10.1 Å². The van der Waals surface area contributed by atoms with Crippen molar-refractivity contribution in [1.29, 1.82) is 5.26 Å². The lowest BCUT2D eigenvalue weighted by molar-refractivity contribution is 0.211. The van der Waals surface area contributed by atoms with Gasteiger partial charge in [0, 0.05) is 30.7 Å². The van der Waals surface area contributed by atoms with Gasteiger partial charge < -0.3 is 10.1 Å². The lowest BCUT2D eigenvalue weighted by atomic mass is 10.0. The third kappa shape index (κ3) is 4.46. The molecule has 0 aromatic heterocycles.